The third kappa shape index (κ3) is 4.50. The Labute approximate surface area is 160 Å². The Kier molecular flexibility index (Phi) is 5.50. The molecule has 3 aromatic rings. The molecular formula is C19H17ClN5O2+. The fourth-order valence-electron chi connectivity index (χ4n) is 2.73. The van der Waals surface area contributed by atoms with Gasteiger partial charge in [0, 0.05) is 5.69 Å². The highest BCUT2D eigenvalue weighted by molar-refractivity contribution is 6.32. The van der Waals surface area contributed by atoms with Gasteiger partial charge in [-0.2, -0.15) is 5.26 Å². The van der Waals surface area contributed by atoms with Gasteiger partial charge in [0.05, 0.1) is 28.5 Å². The lowest BCUT2D eigenvalue weighted by Gasteiger charge is -2.13. The van der Waals surface area contributed by atoms with Crippen molar-refractivity contribution in [1.29, 1.82) is 5.26 Å². The first kappa shape index (κ1) is 18.6. The zero-order chi connectivity index (χ0) is 19.4. The molecule has 0 bridgehead atoms. The topological polar surface area (TPSA) is 103 Å². The number of hydrogen-bond acceptors (Lipinski definition) is 4. The number of fused-ring (bicyclic) bond motifs is 1. The van der Waals surface area contributed by atoms with Crippen LogP contribution in [0.15, 0.2) is 47.3 Å². The van der Waals surface area contributed by atoms with Crippen LogP contribution in [0.25, 0.3) is 10.9 Å². The predicted octanol–water partition coefficient (Wildman–Crippen LogP) is 1.10. The van der Waals surface area contributed by atoms with Crippen LogP contribution in [0.4, 0.5) is 5.69 Å². The maximum absolute atomic E-state index is 12.2. The number of rotatable bonds is 5. The van der Waals surface area contributed by atoms with E-state index in [-0.39, 0.29) is 23.0 Å². The SMILES string of the molecule is C[NH+](CC(=O)Nc1ccc(C#N)c(Cl)c1)Cc1nc2ccccc2c(=O)[nH]1. The average Bonchev–Trinajstić information content (AvgIpc) is 2.61. The summed E-state index contributed by atoms with van der Waals surface area (Å²) in [5, 5.41) is 12.4. The fraction of sp³-hybridized carbons (Fsp3) is 0.158. The van der Waals surface area contributed by atoms with Gasteiger partial charge < -0.3 is 15.2 Å². The van der Waals surface area contributed by atoms with Crippen molar-refractivity contribution in [2.75, 3.05) is 18.9 Å². The van der Waals surface area contributed by atoms with Gasteiger partial charge in [-0.3, -0.25) is 9.59 Å². The quantitative estimate of drug-likeness (QED) is 0.614. The number of amides is 1. The highest BCUT2D eigenvalue weighted by Crippen LogP contribution is 2.19. The van der Waals surface area contributed by atoms with Gasteiger partial charge >= 0.3 is 0 Å². The van der Waals surface area contributed by atoms with Crippen molar-refractivity contribution in [3.8, 4) is 6.07 Å². The molecule has 0 fully saturated rings. The number of quaternary nitrogens is 1. The average molecular weight is 383 g/mol. The lowest BCUT2D eigenvalue weighted by atomic mass is 10.2. The van der Waals surface area contributed by atoms with Crippen molar-refractivity contribution in [3.63, 3.8) is 0 Å². The van der Waals surface area contributed by atoms with Crippen LogP contribution in [0, 0.1) is 11.3 Å². The molecular weight excluding hydrogens is 366 g/mol. The molecule has 1 amide bonds. The van der Waals surface area contributed by atoms with Crippen molar-refractivity contribution < 1.29 is 9.69 Å². The van der Waals surface area contributed by atoms with Crippen molar-refractivity contribution in [3.05, 3.63) is 69.2 Å². The number of para-hydroxylation sites is 1. The summed E-state index contributed by atoms with van der Waals surface area (Å²) >= 11 is 5.97. The molecule has 0 aliphatic carbocycles. The summed E-state index contributed by atoms with van der Waals surface area (Å²) in [6.45, 7) is 0.565. The maximum atomic E-state index is 12.2. The van der Waals surface area contributed by atoms with E-state index in [1.165, 1.54) is 6.07 Å². The molecule has 0 aliphatic rings. The van der Waals surface area contributed by atoms with E-state index in [2.05, 4.69) is 15.3 Å². The molecule has 0 saturated carbocycles. The zero-order valence-electron chi connectivity index (χ0n) is 14.5. The second-order valence-electron chi connectivity index (χ2n) is 6.20. The standard InChI is InChI=1S/C19H16ClN5O2/c1-25(10-17-23-16-5-3-2-4-14(16)19(27)24-17)11-18(26)22-13-7-6-12(9-21)15(20)8-13/h2-8H,10-11H2,1H3,(H,22,26)(H,23,24,27)/p+1. The molecule has 3 N–H and O–H groups in total. The normalized spacial score (nSPS) is 11.7. The molecule has 2 aromatic carbocycles. The lowest BCUT2D eigenvalue weighted by Crippen LogP contribution is -3.08. The van der Waals surface area contributed by atoms with E-state index in [1.54, 1.807) is 30.3 Å². The van der Waals surface area contributed by atoms with Crippen LogP contribution in [0.1, 0.15) is 11.4 Å². The number of nitriles is 1. The van der Waals surface area contributed by atoms with E-state index in [0.29, 0.717) is 34.5 Å². The second kappa shape index (κ2) is 7.99. The summed E-state index contributed by atoms with van der Waals surface area (Å²) in [5.74, 6) is 0.307. The second-order valence-corrected chi connectivity index (χ2v) is 6.60. The van der Waals surface area contributed by atoms with Crippen LogP contribution in [0.5, 0.6) is 0 Å². The molecule has 1 aromatic heterocycles. The number of carbonyl (C=O) groups is 1. The van der Waals surface area contributed by atoms with Crippen LogP contribution in [-0.4, -0.2) is 29.5 Å². The Morgan fingerprint density at radius 3 is 2.85 bits per heavy atom. The van der Waals surface area contributed by atoms with Gasteiger partial charge in [0.25, 0.3) is 11.5 Å². The van der Waals surface area contributed by atoms with E-state index < -0.39 is 0 Å². The number of H-pyrrole nitrogens is 1. The number of halogens is 1. The van der Waals surface area contributed by atoms with Crippen LogP contribution in [0.2, 0.25) is 5.02 Å². The number of hydrogen-bond donors (Lipinski definition) is 3. The van der Waals surface area contributed by atoms with Crippen LogP contribution in [-0.2, 0) is 11.3 Å². The molecule has 7 nitrogen and oxygen atoms in total. The van der Waals surface area contributed by atoms with E-state index in [4.69, 9.17) is 16.9 Å². The zero-order valence-corrected chi connectivity index (χ0v) is 15.3. The summed E-state index contributed by atoms with van der Waals surface area (Å²) < 4.78 is 0. The Morgan fingerprint density at radius 2 is 2.11 bits per heavy atom. The Bertz CT molecular complexity index is 1100. The predicted molar refractivity (Wildman–Crippen MR) is 103 cm³/mol. The highest BCUT2D eigenvalue weighted by Gasteiger charge is 2.14. The molecule has 0 radical (unpaired) electrons. The molecule has 136 valence electrons. The van der Waals surface area contributed by atoms with E-state index in [1.807, 2.05) is 19.2 Å². The van der Waals surface area contributed by atoms with Gasteiger partial charge in [-0.25, -0.2) is 4.98 Å². The molecule has 0 saturated heterocycles. The Hall–Kier alpha value is -3.21. The first-order valence-corrected chi connectivity index (χ1v) is 8.63. The summed E-state index contributed by atoms with van der Waals surface area (Å²) in [4.78, 5) is 32.4. The van der Waals surface area contributed by atoms with Gasteiger partial charge in [-0.1, -0.05) is 23.7 Å². The van der Waals surface area contributed by atoms with Crippen LogP contribution < -0.4 is 15.8 Å². The monoisotopic (exact) mass is 382 g/mol. The summed E-state index contributed by atoms with van der Waals surface area (Å²) in [6, 6.07) is 13.8. The Morgan fingerprint density at radius 1 is 1.33 bits per heavy atom. The van der Waals surface area contributed by atoms with Crippen molar-refractivity contribution in [1.82, 2.24) is 9.97 Å². The molecule has 0 aliphatic heterocycles. The minimum absolute atomic E-state index is 0.175. The molecule has 27 heavy (non-hydrogen) atoms. The number of carbonyl (C=O) groups excluding carboxylic acids is 1. The summed E-state index contributed by atoms with van der Waals surface area (Å²) in [7, 11) is 1.83. The number of likely N-dealkylation sites (N-methyl/N-ethyl adjacent to an activating group) is 1. The molecule has 8 heteroatoms. The number of aromatic nitrogens is 2. The molecule has 1 heterocycles. The number of nitrogens with zero attached hydrogens (tertiary/aromatic N) is 2. The number of aromatic amines is 1. The van der Waals surface area contributed by atoms with Crippen molar-refractivity contribution in [2.24, 2.45) is 0 Å². The number of benzene rings is 2. The van der Waals surface area contributed by atoms with E-state index in [9.17, 15) is 9.59 Å². The highest BCUT2D eigenvalue weighted by atomic mass is 35.5. The third-order valence-electron chi connectivity index (χ3n) is 3.97. The van der Waals surface area contributed by atoms with Gasteiger partial charge in [0.1, 0.15) is 12.6 Å². The summed E-state index contributed by atoms with van der Waals surface area (Å²) in [6.07, 6.45) is 0. The smallest absolute Gasteiger partial charge is 0.279 e. The largest absolute Gasteiger partial charge is 0.323 e. The molecule has 1 atom stereocenters. The summed E-state index contributed by atoms with van der Waals surface area (Å²) in [5.41, 5.74) is 1.30. The minimum atomic E-state index is -0.212. The van der Waals surface area contributed by atoms with Gasteiger partial charge in [-0.15, -0.1) is 0 Å². The first-order valence-electron chi connectivity index (χ1n) is 8.25. The van der Waals surface area contributed by atoms with Crippen LogP contribution >= 0.6 is 11.6 Å². The maximum Gasteiger partial charge on any atom is 0.279 e. The van der Waals surface area contributed by atoms with Gasteiger partial charge in [0.2, 0.25) is 0 Å². The fourth-order valence-corrected chi connectivity index (χ4v) is 2.95. The molecule has 3 rings (SSSR count). The third-order valence-corrected chi connectivity index (χ3v) is 4.28. The van der Waals surface area contributed by atoms with E-state index in [0.717, 1.165) is 4.90 Å². The Balaban J connectivity index is 1.64. The van der Waals surface area contributed by atoms with Gasteiger partial charge in [-0.05, 0) is 30.3 Å². The minimum Gasteiger partial charge on any atom is -0.323 e. The van der Waals surface area contributed by atoms with Gasteiger partial charge in [0.15, 0.2) is 12.4 Å². The van der Waals surface area contributed by atoms with E-state index >= 15 is 0 Å². The lowest BCUT2D eigenvalue weighted by molar-refractivity contribution is -0.885. The molecule has 1 unspecified atom stereocenters. The number of anilines is 1. The first-order chi connectivity index (χ1) is 13.0. The molecule has 0 spiro atoms. The van der Waals surface area contributed by atoms with Crippen molar-refractivity contribution >= 4 is 34.1 Å². The number of nitrogens with one attached hydrogen (secondary N) is 3. The van der Waals surface area contributed by atoms with Crippen LogP contribution in [0.3, 0.4) is 0 Å². The van der Waals surface area contributed by atoms with Crippen molar-refractivity contribution in [2.45, 2.75) is 6.54 Å².